The Balaban J connectivity index is 2.05. The molecule has 3 rings (SSSR count). The summed E-state index contributed by atoms with van der Waals surface area (Å²) in [5.74, 6) is 0.186. The first-order valence-corrected chi connectivity index (χ1v) is 9.01. The molecule has 2 aromatic rings. The number of halogens is 1. The average molecular weight is 331 g/mol. The number of sulfone groups is 1. The smallest absolute Gasteiger partial charge is 0.175 e. The van der Waals surface area contributed by atoms with Crippen LogP contribution >= 0.6 is 0 Å². The second-order valence-electron chi connectivity index (χ2n) is 5.53. The summed E-state index contributed by atoms with van der Waals surface area (Å²) in [7, 11) is -3.29. The first-order valence-electron chi connectivity index (χ1n) is 7.12. The van der Waals surface area contributed by atoms with Gasteiger partial charge < -0.3 is 4.74 Å². The molecule has 2 aromatic carbocycles. The molecule has 0 N–H and O–H groups in total. The molecule has 0 fully saturated rings. The highest BCUT2D eigenvalue weighted by Crippen LogP contribution is 2.37. The van der Waals surface area contributed by atoms with Crippen LogP contribution in [-0.2, 0) is 22.7 Å². The number of nitrogens with zero attached hydrogens (tertiary/aromatic N) is 1. The van der Waals surface area contributed by atoms with E-state index in [1.165, 1.54) is 24.5 Å². The summed E-state index contributed by atoms with van der Waals surface area (Å²) in [6.45, 7) is 0. The molecule has 4 nitrogen and oxygen atoms in total. The molecule has 0 aromatic heterocycles. The maximum absolute atomic E-state index is 13.5. The van der Waals surface area contributed by atoms with Gasteiger partial charge in [-0.15, -0.1) is 0 Å². The van der Waals surface area contributed by atoms with Crippen molar-refractivity contribution < 1.29 is 17.5 Å². The molecule has 1 aliphatic carbocycles. The zero-order chi connectivity index (χ0) is 16.6. The van der Waals surface area contributed by atoms with E-state index in [4.69, 9.17) is 10.00 Å². The number of hydrogen-bond donors (Lipinski definition) is 0. The van der Waals surface area contributed by atoms with Crippen LogP contribution in [0.15, 0.2) is 35.2 Å². The lowest BCUT2D eigenvalue weighted by molar-refractivity contribution is 0.470. The van der Waals surface area contributed by atoms with Gasteiger partial charge in [-0.3, -0.25) is 0 Å². The Hall–Kier alpha value is -2.39. The predicted octanol–water partition coefficient (Wildman–Crippen LogP) is 3.38. The number of rotatable bonds is 3. The van der Waals surface area contributed by atoms with Crippen molar-refractivity contribution in [2.45, 2.75) is 24.2 Å². The average Bonchev–Trinajstić information content (AvgIpc) is 2.95. The molecule has 23 heavy (non-hydrogen) atoms. The maximum Gasteiger partial charge on any atom is 0.175 e. The maximum atomic E-state index is 13.5. The molecule has 0 heterocycles. The van der Waals surface area contributed by atoms with E-state index >= 15 is 0 Å². The lowest BCUT2D eigenvalue weighted by Crippen LogP contribution is -2.03. The zero-order valence-electron chi connectivity index (χ0n) is 12.5. The predicted molar refractivity (Wildman–Crippen MR) is 82.8 cm³/mol. The van der Waals surface area contributed by atoms with E-state index in [9.17, 15) is 12.8 Å². The minimum atomic E-state index is -3.29. The largest absolute Gasteiger partial charge is 0.457 e. The van der Waals surface area contributed by atoms with E-state index in [-0.39, 0.29) is 11.3 Å². The third-order valence-corrected chi connectivity index (χ3v) is 5.01. The summed E-state index contributed by atoms with van der Waals surface area (Å²) < 4.78 is 43.0. The number of hydrogen-bond acceptors (Lipinski definition) is 4. The van der Waals surface area contributed by atoms with Gasteiger partial charge in [0.25, 0.3) is 0 Å². The normalized spacial score (nSPS) is 13.4. The van der Waals surface area contributed by atoms with Gasteiger partial charge >= 0.3 is 0 Å². The fourth-order valence-corrected chi connectivity index (χ4v) is 3.88. The second-order valence-corrected chi connectivity index (χ2v) is 7.52. The van der Waals surface area contributed by atoms with Gasteiger partial charge in [0.15, 0.2) is 9.84 Å². The summed E-state index contributed by atoms with van der Waals surface area (Å²) in [5.41, 5.74) is 1.79. The fraction of sp³-hybridized carbons (Fsp3) is 0.235. The van der Waals surface area contributed by atoms with Gasteiger partial charge in [0.1, 0.15) is 17.3 Å². The molecule has 0 spiro atoms. The van der Waals surface area contributed by atoms with E-state index in [0.717, 1.165) is 23.6 Å². The van der Waals surface area contributed by atoms with Crippen LogP contribution in [0.25, 0.3) is 0 Å². The molecule has 0 saturated heterocycles. The molecule has 118 valence electrons. The van der Waals surface area contributed by atoms with Gasteiger partial charge in [0, 0.05) is 12.3 Å². The highest BCUT2D eigenvalue weighted by Gasteiger charge is 2.24. The third-order valence-electron chi connectivity index (χ3n) is 3.83. The van der Waals surface area contributed by atoms with Crippen molar-refractivity contribution in [3.05, 3.63) is 52.8 Å². The lowest BCUT2D eigenvalue weighted by atomic mass is 10.1. The van der Waals surface area contributed by atoms with Gasteiger partial charge in [-0.05, 0) is 54.7 Å². The summed E-state index contributed by atoms with van der Waals surface area (Å²) in [4.78, 5) is 0.328. The van der Waals surface area contributed by atoms with Crippen LogP contribution < -0.4 is 4.74 Å². The lowest BCUT2D eigenvalue weighted by Gasteiger charge is -2.13. The molecule has 1 aliphatic rings. The topological polar surface area (TPSA) is 67.2 Å². The van der Waals surface area contributed by atoms with Crippen LogP contribution in [-0.4, -0.2) is 14.7 Å². The molecule has 0 bridgehead atoms. The Morgan fingerprint density at radius 2 is 1.91 bits per heavy atom. The van der Waals surface area contributed by atoms with Crippen LogP contribution in [0.4, 0.5) is 4.39 Å². The second kappa shape index (κ2) is 5.67. The molecule has 0 saturated carbocycles. The standard InChI is InChI=1S/C17H14FNO3S/c1-23(20,21)17-6-5-16(14-3-2-4-15(14)17)22-13-8-11(10-19)7-12(18)9-13/h5-9H,2-4H2,1H3. The first kappa shape index (κ1) is 15.5. The van der Waals surface area contributed by atoms with Crippen molar-refractivity contribution >= 4 is 9.84 Å². The molecule has 6 heteroatoms. The van der Waals surface area contributed by atoms with Gasteiger partial charge in [0.2, 0.25) is 0 Å². The van der Waals surface area contributed by atoms with E-state index in [1.54, 1.807) is 6.07 Å². The molecular weight excluding hydrogens is 317 g/mol. The van der Waals surface area contributed by atoms with Crippen LogP contribution in [0, 0.1) is 17.1 Å². The number of ether oxygens (including phenoxy) is 1. The molecule has 0 unspecified atom stereocenters. The van der Waals surface area contributed by atoms with Crippen molar-refractivity contribution in [3.63, 3.8) is 0 Å². The molecule has 0 atom stereocenters. The van der Waals surface area contributed by atoms with Gasteiger partial charge in [-0.1, -0.05) is 0 Å². The van der Waals surface area contributed by atoms with Crippen LogP contribution in [0.2, 0.25) is 0 Å². The molecular formula is C17H14FNO3S. The van der Waals surface area contributed by atoms with E-state index in [0.29, 0.717) is 23.5 Å². The van der Waals surface area contributed by atoms with Crippen molar-refractivity contribution in [3.8, 4) is 17.6 Å². The van der Waals surface area contributed by atoms with Crippen LogP contribution in [0.5, 0.6) is 11.5 Å². The zero-order valence-corrected chi connectivity index (χ0v) is 13.3. The Morgan fingerprint density at radius 3 is 2.61 bits per heavy atom. The quantitative estimate of drug-likeness (QED) is 0.865. The van der Waals surface area contributed by atoms with Crippen LogP contribution in [0.3, 0.4) is 0 Å². The van der Waals surface area contributed by atoms with E-state index < -0.39 is 15.7 Å². The van der Waals surface area contributed by atoms with E-state index in [1.807, 2.05) is 6.07 Å². The summed E-state index contributed by atoms with van der Waals surface area (Å²) in [6.07, 6.45) is 3.44. The fourth-order valence-electron chi connectivity index (χ4n) is 2.90. The Labute approximate surface area is 134 Å². The minimum Gasteiger partial charge on any atom is -0.457 e. The highest BCUT2D eigenvalue weighted by molar-refractivity contribution is 7.90. The first-order chi connectivity index (χ1) is 10.9. The van der Waals surface area contributed by atoms with Crippen molar-refractivity contribution in [1.29, 1.82) is 5.26 Å². The Morgan fingerprint density at radius 1 is 1.17 bits per heavy atom. The number of fused-ring (bicyclic) bond motifs is 1. The van der Waals surface area contributed by atoms with Crippen LogP contribution in [0.1, 0.15) is 23.1 Å². The molecule has 0 amide bonds. The Kier molecular flexibility index (Phi) is 3.82. The van der Waals surface area contributed by atoms with E-state index in [2.05, 4.69) is 0 Å². The summed E-state index contributed by atoms with van der Waals surface area (Å²) in [5, 5.41) is 8.89. The van der Waals surface area contributed by atoms with Gasteiger partial charge in [-0.2, -0.15) is 5.26 Å². The molecule has 0 aliphatic heterocycles. The van der Waals surface area contributed by atoms with Crippen molar-refractivity contribution in [2.24, 2.45) is 0 Å². The van der Waals surface area contributed by atoms with Crippen molar-refractivity contribution in [2.75, 3.05) is 6.26 Å². The van der Waals surface area contributed by atoms with Gasteiger partial charge in [0.05, 0.1) is 16.5 Å². The number of nitriles is 1. The Bertz CT molecular complexity index is 930. The summed E-state index contributed by atoms with van der Waals surface area (Å²) in [6, 6.07) is 8.78. The third kappa shape index (κ3) is 3.06. The molecule has 0 radical (unpaired) electrons. The van der Waals surface area contributed by atoms with Gasteiger partial charge in [-0.25, -0.2) is 12.8 Å². The SMILES string of the molecule is CS(=O)(=O)c1ccc(Oc2cc(F)cc(C#N)c2)c2c1CCC2. The number of benzene rings is 2. The highest BCUT2D eigenvalue weighted by atomic mass is 32.2. The minimum absolute atomic E-state index is 0.171. The summed E-state index contributed by atoms with van der Waals surface area (Å²) >= 11 is 0. The van der Waals surface area contributed by atoms with Crippen molar-refractivity contribution in [1.82, 2.24) is 0 Å². The monoisotopic (exact) mass is 331 g/mol.